The summed E-state index contributed by atoms with van der Waals surface area (Å²) in [5, 5.41) is 18.5. The van der Waals surface area contributed by atoms with Crippen LogP contribution in [0.1, 0.15) is 33.4 Å². The molecule has 5 heteroatoms. The number of rotatable bonds is 4. The molecule has 4 nitrogen and oxygen atoms in total. The first-order valence-corrected chi connectivity index (χ1v) is 6.51. The van der Waals surface area contributed by atoms with E-state index in [2.05, 4.69) is 47.0 Å². The Kier molecular flexibility index (Phi) is 4.12. The standard InChI is InChI=1S/C11H20BrN3O/c1-10(2,3)5-9-6-15(14-13-9)8-11(4,16)7-12/h6,16H,5,7-8H2,1-4H3. The van der Waals surface area contributed by atoms with Crippen molar-refractivity contribution < 1.29 is 5.11 Å². The van der Waals surface area contributed by atoms with Crippen molar-refractivity contribution in [2.24, 2.45) is 5.41 Å². The van der Waals surface area contributed by atoms with Gasteiger partial charge in [-0.2, -0.15) is 0 Å². The van der Waals surface area contributed by atoms with Gasteiger partial charge in [-0.3, -0.25) is 0 Å². The molecule has 92 valence electrons. The largest absolute Gasteiger partial charge is 0.387 e. The third kappa shape index (κ3) is 4.61. The van der Waals surface area contributed by atoms with Gasteiger partial charge in [-0.25, -0.2) is 4.68 Å². The molecule has 1 aromatic rings. The molecule has 0 saturated heterocycles. The molecule has 0 aliphatic rings. The number of hydrogen-bond donors (Lipinski definition) is 1. The Morgan fingerprint density at radius 2 is 2.00 bits per heavy atom. The van der Waals surface area contributed by atoms with E-state index < -0.39 is 5.60 Å². The van der Waals surface area contributed by atoms with E-state index in [4.69, 9.17) is 0 Å². The first-order valence-electron chi connectivity index (χ1n) is 5.39. The van der Waals surface area contributed by atoms with E-state index in [0.29, 0.717) is 11.9 Å². The van der Waals surface area contributed by atoms with E-state index in [1.807, 2.05) is 6.20 Å². The van der Waals surface area contributed by atoms with Crippen molar-refractivity contribution in [1.29, 1.82) is 0 Å². The van der Waals surface area contributed by atoms with E-state index in [0.717, 1.165) is 12.1 Å². The number of hydrogen-bond acceptors (Lipinski definition) is 3. The highest BCUT2D eigenvalue weighted by Crippen LogP contribution is 2.19. The lowest BCUT2D eigenvalue weighted by Gasteiger charge is -2.19. The van der Waals surface area contributed by atoms with Crippen LogP contribution in [0.4, 0.5) is 0 Å². The van der Waals surface area contributed by atoms with Crippen LogP contribution in [-0.2, 0) is 13.0 Å². The summed E-state index contributed by atoms with van der Waals surface area (Å²) in [5.74, 6) is 0. The second kappa shape index (κ2) is 4.84. The third-order valence-electron chi connectivity index (χ3n) is 2.09. The van der Waals surface area contributed by atoms with Crippen molar-refractivity contribution in [2.75, 3.05) is 5.33 Å². The first-order chi connectivity index (χ1) is 7.22. The van der Waals surface area contributed by atoms with Crippen LogP contribution in [0.3, 0.4) is 0 Å². The fraction of sp³-hybridized carbons (Fsp3) is 0.818. The minimum atomic E-state index is -0.785. The third-order valence-corrected chi connectivity index (χ3v) is 3.30. The van der Waals surface area contributed by atoms with Gasteiger partial charge in [-0.1, -0.05) is 41.9 Å². The molecule has 0 bridgehead atoms. The summed E-state index contributed by atoms with van der Waals surface area (Å²) in [4.78, 5) is 0. The maximum atomic E-state index is 9.88. The Hall–Kier alpha value is -0.420. The van der Waals surface area contributed by atoms with Crippen LogP contribution in [0.2, 0.25) is 0 Å². The molecule has 16 heavy (non-hydrogen) atoms. The molecule has 1 heterocycles. The molecule has 1 aromatic heterocycles. The molecule has 0 fully saturated rings. The zero-order chi connectivity index (χ0) is 12.4. The SMILES string of the molecule is CC(C)(C)Cc1cn(CC(C)(O)CBr)nn1. The van der Waals surface area contributed by atoms with Gasteiger partial charge in [0.1, 0.15) is 0 Å². The molecular weight excluding hydrogens is 270 g/mol. The smallest absolute Gasteiger partial charge is 0.0911 e. The molecule has 0 saturated carbocycles. The minimum absolute atomic E-state index is 0.207. The van der Waals surface area contributed by atoms with Crippen molar-refractivity contribution in [2.45, 2.75) is 46.3 Å². The maximum Gasteiger partial charge on any atom is 0.0911 e. The second-order valence-corrected chi connectivity index (χ2v) is 6.34. The highest BCUT2D eigenvalue weighted by Gasteiger charge is 2.21. The second-order valence-electron chi connectivity index (χ2n) is 5.78. The Morgan fingerprint density at radius 3 is 2.50 bits per heavy atom. The van der Waals surface area contributed by atoms with E-state index in [-0.39, 0.29) is 5.41 Å². The summed E-state index contributed by atoms with van der Waals surface area (Å²) in [6.45, 7) is 8.73. The van der Waals surface area contributed by atoms with Gasteiger partial charge < -0.3 is 5.11 Å². The highest BCUT2D eigenvalue weighted by atomic mass is 79.9. The van der Waals surface area contributed by atoms with Crippen molar-refractivity contribution in [1.82, 2.24) is 15.0 Å². The van der Waals surface area contributed by atoms with E-state index in [1.165, 1.54) is 0 Å². The number of aliphatic hydroxyl groups is 1. The predicted molar refractivity (Wildman–Crippen MR) is 67.6 cm³/mol. The monoisotopic (exact) mass is 289 g/mol. The van der Waals surface area contributed by atoms with Gasteiger partial charge >= 0.3 is 0 Å². The van der Waals surface area contributed by atoms with Gasteiger partial charge in [0.15, 0.2) is 0 Å². The molecule has 0 aromatic carbocycles. The van der Waals surface area contributed by atoms with E-state index in [9.17, 15) is 5.11 Å². The number of halogens is 1. The number of aromatic nitrogens is 3. The zero-order valence-corrected chi connectivity index (χ0v) is 12.0. The summed E-state index contributed by atoms with van der Waals surface area (Å²) < 4.78 is 1.70. The number of nitrogens with zero attached hydrogens (tertiary/aromatic N) is 3. The molecule has 1 rings (SSSR count). The van der Waals surface area contributed by atoms with Crippen LogP contribution in [-0.4, -0.2) is 31.0 Å². The first kappa shape index (κ1) is 13.6. The van der Waals surface area contributed by atoms with Crippen LogP contribution < -0.4 is 0 Å². The van der Waals surface area contributed by atoms with Crippen molar-refractivity contribution in [3.63, 3.8) is 0 Å². The van der Waals surface area contributed by atoms with Crippen LogP contribution in [0.5, 0.6) is 0 Å². The average molecular weight is 290 g/mol. The molecule has 0 spiro atoms. The van der Waals surface area contributed by atoms with Gasteiger partial charge in [0.2, 0.25) is 0 Å². The molecule has 0 aliphatic heterocycles. The van der Waals surface area contributed by atoms with Gasteiger partial charge in [0.05, 0.1) is 17.8 Å². The van der Waals surface area contributed by atoms with Gasteiger partial charge in [0.25, 0.3) is 0 Å². The topological polar surface area (TPSA) is 50.9 Å². The zero-order valence-electron chi connectivity index (χ0n) is 10.4. The normalized spacial score (nSPS) is 16.1. The lowest BCUT2D eigenvalue weighted by Crippen LogP contribution is -2.32. The summed E-state index contributed by atoms with van der Waals surface area (Å²) >= 11 is 3.27. The lowest BCUT2D eigenvalue weighted by atomic mass is 9.91. The van der Waals surface area contributed by atoms with Gasteiger partial charge in [-0.15, -0.1) is 5.10 Å². The molecule has 0 aliphatic carbocycles. The van der Waals surface area contributed by atoms with Gasteiger partial charge in [0, 0.05) is 11.5 Å². The van der Waals surface area contributed by atoms with Crippen LogP contribution in [0, 0.1) is 5.41 Å². The molecular formula is C11H20BrN3O. The van der Waals surface area contributed by atoms with Crippen molar-refractivity contribution in [3.05, 3.63) is 11.9 Å². The average Bonchev–Trinajstić information content (AvgIpc) is 2.48. The Morgan fingerprint density at radius 1 is 1.38 bits per heavy atom. The van der Waals surface area contributed by atoms with Gasteiger partial charge in [-0.05, 0) is 18.8 Å². The summed E-state index contributed by atoms with van der Waals surface area (Å²) in [6, 6.07) is 0. The molecule has 1 unspecified atom stereocenters. The molecule has 1 atom stereocenters. The minimum Gasteiger partial charge on any atom is -0.387 e. The highest BCUT2D eigenvalue weighted by molar-refractivity contribution is 9.09. The number of alkyl halides is 1. The van der Waals surface area contributed by atoms with Crippen LogP contribution >= 0.6 is 15.9 Å². The fourth-order valence-electron chi connectivity index (χ4n) is 1.43. The van der Waals surface area contributed by atoms with Crippen LogP contribution in [0.15, 0.2) is 6.20 Å². The van der Waals surface area contributed by atoms with Crippen LogP contribution in [0.25, 0.3) is 0 Å². The molecule has 0 radical (unpaired) electrons. The van der Waals surface area contributed by atoms with E-state index in [1.54, 1.807) is 11.6 Å². The summed E-state index contributed by atoms with van der Waals surface area (Å²) in [6.07, 6.45) is 2.80. The van der Waals surface area contributed by atoms with Crippen molar-refractivity contribution in [3.8, 4) is 0 Å². The Balaban J connectivity index is 2.65. The molecule has 1 N–H and O–H groups in total. The molecule has 0 amide bonds. The van der Waals surface area contributed by atoms with Crippen molar-refractivity contribution >= 4 is 15.9 Å². The Bertz CT molecular complexity index is 341. The predicted octanol–water partition coefficient (Wildman–Crippen LogP) is 2.01. The maximum absolute atomic E-state index is 9.88. The Labute approximate surface area is 105 Å². The fourth-order valence-corrected chi connectivity index (χ4v) is 1.61. The lowest BCUT2D eigenvalue weighted by molar-refractivity contribution is 0.0633. The summed E-state index contributed by atoms with van der Waals surface area (Å²) in [5.41, 5.74) is 0.392. The summed E-state index contributed by atoms with van der Waals surface area (Å²) in [7, 11) is 0. The van der Waals surface area contributed by atoms with E-state index >= 15 is 0 Å². The quantitative estimate of drug-likeness (QED) is 0.863.